The predicted molar refractivity (Wildman–Crippen MR) is 155 cm³/mol. The zero-order valence-corrected chi connectivity index (χ0v) is 21.1. The Balaban J connectivity index is -0.000000605. The Hall–Kier alpha value is -3.26. The summed E-state index contributed by atoms with van der Waals surface area (Å²) in [4.78, 5) is 23.1. The van der Waals surface area contributed by atoms with Gasteiger partial charge in [0.2, 0.25) is 0 Å². The summed E-state index contributed by atoms with van der Waals surface area (Å²) in [6.07, 6.45) is 0.438. The lowest BCUT2D eigenvalue weighted by Crippen LogP contribution is -2.34. The summed E-state index contributed by atoms with van der Waals surface area (Å²) in [5.74, 6) is 0.110. The summed E-state index contributed by atoms with van der Waals surface area (Å²) in [6, 6.07) is 15.9. The standard InChI is InChI=1S/C15H20O4.C13H16O3.3CH4/c1-5-13(16)19-10-18-12-8-6-11(7-9-12)14(17)15(2,3)4;1-4-11(14)16-13(2,3)12(15)10-8-6-5-7-9-10;;;/h5-9,13,16H,1,10H2,2-4H3;4-9,12,15H,1H2,2-3H3;3*1H4. The Kier molecular flexibility index (Phi) is 18.7. The number of ketones is 1. The van der Waals surface area contributed by atoms with Gasteiger partial charge in [-0.05, 0) is 49.8 Å². The minimum atomic E-state index is -1.04. The summed E-state index contributed by atoms with van der Waals surface area (Å²) in [5, 5.41) is 19.2. The second-order valence-corrected chi connectivity index (χ2v) is 9.20. The van der Waals surface area contributed by atoms with E-state index in [1.165, 1.54) is 6.08 Å². The molecule has 0 fully saturated rings. The van der Waals surface area contributed by atoms with E-state index < -0.39 is 29.4 Å². The Morgan fingerprint density at radius 1 is 0.895 bits per heavy atom. The van der Waals surface area contributed by atoms with E-state index in [0.717, 1.165) is 6.08 Å². The number of hydrogen-bond acceptors (Lipinski definition) is 7. The number of carbonyl (C=O) groups is 2. The topological polar surface area (TPSA) is 102 Å². The monoisotopic (exact) mass is 532 g/mol. The molecule has 0 spiro atoms. The van der Waals surface area contributed by atoms with Gasteiger partial charge in [0.25, 0.3) is 0 Å². The lowest BCUT2D eigenvalue weighted by Gasteiger charge is -2.30. The normalized spacial score (nSPS) is 11.9. The molecular formula is C31H48O7. The van der Waals surface area contributed by atoms with Crippen LogP contribution in [0.15, 0.2) is 79.9 Å². The number of aliphatic hydroxyl groups is 2. The van der Waals surface area contributed by atoms with Crippen molar-refractivity contribution >= 4 is 11.8 Å². The first-order valence-corrected chi connectivity index (χ1v) is 11.1. The van der Waals surface area contributed by atoms with E-state index in [4.69, 9.17) is 19.3 Å². The fourth-order valence-corrected chi connectivity index (χ4v) is 2.77. The minimum Gasteiger partial charge on any atom is -0.467 e. The van der Waals surface area contributed by atoms with Gasteiger partial charge in [0.15, 0.2) is 18.9 Å². The van der Waals surface area contributed by atoms with Gasteiger partial charge in [0.1, 0.15) is 17.5 Å². The van der Waals surface area contributed by atoms with Gasteiger partial charge < -0.3 is 24.4 Å². The third-order valence-electron chi connectivity index (χ3n) is 4.77. The second-order valence-electron chi connectivity index (χ2n) is 9.20. The molecule has 2 rings (SSSR count). The number of benzene rings is 2. The van der Waals surface area contributed by atoms with Crippen molar-refractivity contribution in [3.63, 3.8) is 0 Å². The first-order valence-electron chi connectivity index (χ1n) is 11.1. The number of rotatable bonds is 10. The van der Waals surface area contributed by atoms with Crippen LogP contribution in [0.5, 0.6) is 5.75 Å². The molecular weight excluding hydrogens is 484 g/mol. The molecule has 0 heterocycles. The van der Waals surface area contributed by atoms with Crippen molar-refractivity contribution in [3.8, 4) is 5.75 Å². The molecule has 214 valence electrons. The quantitative estimate of drug-likeness (QED) is 0.113. The minimum absolute atomic E-state index is 0. The van der Waals surface area contributed by atoms with Crippen molar-refractivity contribution in [2.75, 3.05) is 6.79 Å². The molecule has 0 aliphatic rings. The van der Waals surface area contributed by atoms with Crippen molar-refractivity contribution in [3.05, 3.63) is 91.0 Å². The van der Waals surface area contributed by atoms with E-state index in [1.807, 2.05) is 39.0 Å². The van der Waals surface area contributed by atoms with Crippen molar-refractivity contribution < 1.29 is 34.0 Å². The van der Waals surface area contributed by atoms with Gasteiger partial charge in [0.05, 0.1) is 0 Å². The maximum Gasteiger partial charge on any atom is 0.330 e. The van der Waals surface area contributed by atoms with Crippen molar-refractivity contribution in [2.24, 2.45) is 5.41 Å². The van der Waals surface area contributed by atoms with Crippen LogP contribution in [0.25, 0.3) is 0 Å². The lowest BCUT2D eigenvalue weighted by molar-refractivity contribution is -0.162. The highest BCUT2D eigenvalue weighted by Crippen LogP contribution is 2.28. The number of ether oxygens (including phenoxy) is 3. The Bertz CT molecular complexity index is 958. The van der Waals surface area contributed by atoms with Crippen LogP contribution in [0.1, 0.15) is 78.9 Å². The van der Waals surface area contributed by atoms with Crippen molar-refractivity contribution in [1.29, 1.82) is 0 Å². The molecule has 0 radical (unpaired) electrons. The van der Waals surface area contributed by atoms with Crippen LogP contribution in [-0.2, 0) is 14.3 Å². The van der Waals surface area contributed by atoms with E-state index in [2.05, 4.69) is 13.2 Å². The molecule has 38 heavy (non-hydrogen) atoms. The second kappa shape index (κ2) is 18.1. The molecule has 0 bridgehead atoms. The van der Waals surface area contributed by atoms with E-state index >= 15 is 0 Å². The molecule has 2 aromatic rings. The molecule has 0 aliphatic heterocycles. The molecule has 7 nitrogen and oxygen atoms in total. The van der Waals surface area contributed by atoms with Crippen LogP contribution in [0.3, 0.4) is 0 Å². The molecule has 0 amide bonds. The van der Waals surface area contributed by atoms with Gasteiger partial charge in [-0.25, -0.2) is 4.79 Å². The summed E-state index contributed by atoms with van der Waals surface area (Å²) in [6.45, 7) is 15.6. The number of esters is 1. The van der Waals surface area contributed by atoms with E-state index in [1.54, 1.807) is 50.2 Å². The van der Waals surface area contributed by atoms with Gasteiger partial charge in [-0.2, -0.15) is 0 Å². The van der Waals surface area contributed by atoms with Gasteiger partial charge in [0, 0.05) is 17.1 Å². The van der Waals surface area contributed by atoms with Crippen LogP contribution in [0, 0.1) is 5.41 Å². The maximum atomic E-state index is 12.0. The number of aliphatic hydroxyl groups excluding tert-OH is 2. The Labute approximate surface area is 229 Å². The molecule has 0 aliphatic carbocycles. The van der Waals surface area contributed by atoms with E-state index in [9.17, 15) is 14.7 Å². The summed E-state index contributed by atoms with van der Waals surface area (Å²) in [7, 11) is 0. The average molecular weight is 533 g/mol. The van der Waals surface area contributed by atoms with Crippen LogP contribution in [-0.4, -0.2) is 40.6 Å². The smallest absolute Gasteiger partial charge is 0.330 e. The zero-order valence-electron chi connectivity index (χ0n) is 21.1. The molecule has 2 aromatic carbocycles. The summed E-state index contributed by atoms with van der Waals surface area (Å²) in [5.41, 5.74) is -0.0251. The largest absolute Gasteiger partial charge is 0.467 e. The lowest BCUT2D eigenvalue weighted by atomic mass is 9.86. The van der Waals surface area contributed by atoms with Crippen LogP contribution < -0.4 is 4.74 Å². The first kappa shape index (κ1) is 39.3. The molecule has 0 saturated heterocycles. The zero-order chi connectivity index (χ0) is 26.6. The van der Waals surface area contributed by atoms with Crippen molar-refractivity contribution in [1.82, 2.24) is 0 Å². The molecule has 2 N–H and O–H groups in total. The fraction of sp³-hybridized carbons (Fsp3) is 0.419. The predicted octanol–water partition coefficient (Wildman–Crippen LogP) is 6.91. The molecule has 7 heteroatoms. The maximum absolute atomic E-state index is 12.0. The van der Waals surface area contributed by atoms with E-state index in [-0.39, 0.29) is 34.9 Å². The van der Waals surface area contributed by atoms with Crippen LogP contribution >= 0.6 is 0 Å². The third-order valence-corrected chi connectivity index (χ3v) is 4.77. The van der Waals surface area contributed by atoms with Crippen LogP contribution in [0.4, 0.5) is 0 Å². The highest BCUT2D eigenvalue weighted by atomic mass is 16.7. The average Bonchev–Trinajstić information content (AvgIpc) is 2.83. The highest BCUT2D eigenvalue weighted by molar-refractivity contribution is 5.99. The summed E-state index contributed by atoms with van der Waals surface area (Å²) >= 11 is 0. The molecule has 2 atom stereocenters. The number of carbonyl (C=O) groups excluding carboxylic acids is 2. The van der Waals surface area contributed by atoms with Crippen molar-refractivity contribution in [2.45, 2.75) is 74.9 Å². The van der Waals surface area contributed by atoms with Crippen LogP contribution in [0.2, 0.25) is 0 Å². The summed E-state index contributed by atoms with van der Waals surface area (Å²) < 4.78 is 15.2. The first-order chi connectivity index (χ1) is 16.3. The third kappa shape index (κ3) is 13.3. The Morgan fingerprint density at radius 3 is 1.87 bits per heavy atom. The SMILES string of the molecule is C.C.C.C=CC(=O)OC(C)(C)C(O)c1ccccc1.C=CC(O)OCOc1ccc(C(=O)C(C)(C)C)cc1. The number of hydrogen-bond donors (Lipinski definition) is 2. The molecule has 2 unspecified atom stereocenters. The number of Topliss-reactive ketones (excluding diaryl/α,β-unsaturated/α-hetero) is 1. The van der Waals surface area contributed by atoms with Gasteiger partial charge >= 0.3 is 5.97 Å². The van der Waals surface area contributed by atoms with Gasteiger partial charge in [-0.1, -0.05) is 86.5 Å². The Morgan fingerprint density at radius 2 is 1.42 bits per heavy atom. The molecule has 0 aromatic heterocycles. The fourth-order valence-electron chi connectivity index (χ4n) is 2.77. The van der Waals surface area contributed by atoms with Gasteiger partial charge in [-0.15, -0.1) is 0 Å². The highest BCUT2D eigenvalue weighted by Gasteiger charge is 2.32. The van der Waals surface area contributed by atoms with E-state index in [0.29, 0.717) is 16.9 Å². The van der Waals surface area contributed by atoms with Gasteiger partial charge in [-0.3, -0.25) is 4.79 Å². The molecule has 0 saturated carbocycles.